The van der Waals surface area contributed by atoms with E-state index in [1.54, 1.807) is 24.3 Å². The van der Waals surface area contributed by atoms with Gasteiger partial charge in [0.15, 0.2) is 0 Å². The van der Waals surface area contributed by atoms with Crippen molar-refractivity contribution in [2.24, 2.45) is 15.9 Å². The van der Waals surface area contributed by atoms with E-state index in [-0.39, 0.29) is 18.8 Å². The van der Waals surface area contributed by atoms with E-state index < -0.39 is 5.91 Å². The molecule has 0 heterocycles. The van der Waals surface area contributed by atoms with E-state index in [2.05, 4.69) is 10.2 Å². The van der Waals surface area contributed by atoms with Crippen LogP contribution in [-0.2, 0) is 4.79 Å². The van der Waals surface area contributed by atoms with E-state index in [1.807, 2.05) is 0 Å². The zero-order valence-electron chi connectivity index (χ0n) is 8.59. The molecule has 0 bridgehead atoms. The summed E-state index contributed by atoms with van der Waals surface area (Å²) >= 11 is 0. The monoisotopic (exact) mass is 220 g/mol. The van der Waals surface area contributed by atoms with Gasteiger partial charge in [0, 0.05) is 23.0 Å². The van der Waals surface area contributed by atoms with Gasteiger partial charge in [0.2, 0.25) is 0 Å². The molecule has 4 N–H and O–H groups in total. The third-order valence-corrected chi connectivity index (χ3v) is 1.90. The predicted molar refractivity (Wildman–Crippen MR) is 62.1 cm³/mol. The smallest absolute Gasteiger partial charge is 0.335 e. The molecule has 0 aromatic heterocycles. The molecule has 84 valence electrons. The number of nitroso groups, excluding NO2 is 1. The number of aliphatic imine (C=N–C) groups is 1. The van der Waals surface area contributed by atoms with E-state index in [9.17, 15) is 9.70 Å². The lowest BCUT2D eigenvalue weighted by molar-refractivity contribution is -0.111. The van der Waals surface area contributed by atoms with Gasteiger partial charge >= 0.3 is 5.91 Å². The fourth-order valence-electron chi connectivity index (χ4n) is 1.20. The average Bonchev–Trinajstić information content (AvgIpc) is 2.31. The van der Waals surface area contributed by atoms with Gasteiger partial charge in [-0.15, -0.1) is 4.91 Å². The second-order valence-corrected chi connectivity index (χ2v) is 3.00. The van der Waals surface area contributed by atoms with Crippen molar-refractivity contribution in [3.05, 3.63) is 34.7 Å². The maximum Gasteiger partial charge on any atom is 0.335 e. The SMILES string of the molecule is NCCN=C(C(=O)N=O)c1ccccc1N. The fraction of sp³-hybridized carbons (Fsp3) is 0.200. The lowest BCUT2D eigenvalue weighted by atomic mass is 10.1. The van der Waals surface area contributed by atoms with Crippen molar-refractivity contribution < 1.29 is 4.79 Å². The first-order valence-electron chi connectivity index (χ1n) is 4.67. The summed E-state index contributed by atoms with van der Waals surface area (Å²) in [5, 5.41) is 2.34. The van der Waals surface area contributed by atoms with Crippen LogP contribution < -0.4 is 11.5 Å². The van der Waals surface area contributed by atoms with Gasteiger partial charge in [-0.3, -0.25) is 9.79 Å². The molecule has 0 saturated heterocycles. The fourth-order valence-corrected chi connectivity index (χ4v) is 1.20. The van der Waals surface area contributed by atoms with Gasteiger partial charge in [0.05, 0.1) is 6.54 Å². The van der Waals surface area contributed by atoms with Crippen molar-refractivity contribution in [2.75, 3.05) is 18.8 Å². The number of para-hydroxylation sites is 1. The molecule has 0 fully saturated rings. The lowest BCUT2D eigenvalue weighted by Gasteiger charge is -2.04. The van der Waals surface area contributed by atoms with Crippen LogP contribution in [0.25, 0.3) is 0 Å². The molecule has 0 aliphatic carbocycles. The van der Waals surface area contributed by atoms with Crippen molar-refractivity contribution in [3.8, 4) is 0 Å². The lowest BCUT2D eigenvalue weighted by Crippen LogP contribution is -2.17. The van der Waals surface area contributed by atoms with Crippen LogP contribution in [0.2, 0.25) is 0 Å². The van der Waals surface area contributed by atoms with Crippen molar-refractivity contribution in [3.63, 3.8) is 0 Å². The summed E-state index contributed by atoms with van der Waals surface area (Å²) in [7, 11) is 0. The van der Waals surface area contributed by atoms with Crippen LogP contribution in [0.15, 0.2) is 34.4 Å². The molecular formula is C10H12N4O2. The number of nitrogens with two attached hydrogens (primary N) is 2. The highest BCUT2D eigenvalue weighted by Gasteiger charge is 2.16. The van der Waals surface area contributed by atoms with Gasteiger partial charge < -0.3 is 11.5 Å². The second kappa shape index (κ2) is 5.72. The quantitative estimate of drug-likeness (QED) is 0.432. The number of nitrogen functional groups attached to an aromatic ring is 1. The van der Waals surface area contributed by atoms with Crippen molar-refractivity contribution in [1.29, 1.82) is 0 Å². The zero-order valence-corrected chi connectivity index (χ0v) is 8.59. The Kier molecular flexibility index (Phi) is 4.28. The third-order valence-electron chi connectivity index (χ3n) is 1.90. The van der Waals surface area contributed by atoms with E-state index in [0.29, 0.717) is 11.3 Å². The number of hydrogen-bond donors (Lipinski definition) is 2. The summed E-state index contributed by atoms with van der Waals surface area (Å²) in [6, 6.07) is 6.64. The predicted octanol–water partition coefficient (Wildman–Crippen LogP) is 0.310. The Hall–Kier alpha value is -2.08. The Bertz CT molecular complexity index is 429. The number of benzene rings is 1. The van der Waals surface area contributed by atoms with Crippen LogP contribution in [0, 0.1) is 4.91 Å². The molecule has 0 atom stereocenters. The second-order valence-electron chi connectivity index (χ2n) is 3.00. The molecule has 1 aromatic rings. The van der Waals surface area contributed by atoms with Crippen LogP contribution >= 0.6 is 0 Å². The zero-order chi connectivity index (χ0) is 12.0. The van der Waals surface area contributed by atoms with E-state index in [4.69, 9.17) is 11.5 Å². The first-order chi connectivity index (χ1) is 7.70. The van der Waals surface area contributed by atoms with Crippen molar-refractivity contribution in [2.45, 2.75) is 0 Å². The first-order valence-corrected chi connectivity index (χ1v) is 4.67. The highest BCUT2D eigenvalue weighted by Crippen LogP contribution is 2.12. The van der Waals surface area contributed by atoms with E-state index in [0.717, 1.165) is 0 Å². The molecule has 16 heavy (non-hydrogen) atoms. The molecule has 6 heteroatoms. The standard InChI is InChI=1S/C10H12N4O2/c11-5-6-13-9(10(15)14-16)7-3-1-2-4-8(7)12/h1-4H,5-6,11-12H2. The molecule has 1 amide bonds. The number of hydrogen-bond acceptors (Lipinski definition) is 5. The molecule has 1 aromatic carbocycles. The highest BCUT2D eigenvalue weighted by atomic mass is 16.3. The van der Waals surface area contributed by atoms with Crippen LogP contribution in [0.1, 0.15) is 5.56 Å². The van der Waals surface area contributed by atoms with Crippen molar-refractivity contribution in [1.82, 2.24) is 0 Å². The molecule has 6 nitrogen and oxygen atoms in total. The van der Waals surface area contributed by atoms with Crippen molar-refractivity contribution >= 4 is 17.3 Å². The summed E-state index contributed by atoms with van der Waals surface area (Å²) in [6.45, 7) is 0.521. The molecule has 0 radical (unpaired) electrons. The molecule has 0 aliphatic rings. The average molecular weight is 220 g/mol. The number of amides is 1. The minimum absolute atomic E-state index is 0.0430. The summed E-state index contributed by atoms with van der Waals surface area (Å²) in [6.07, 6.45) is 0. The summed E-state index contributed by atoms with van der Waals surface area (Å²) < 4.78 is 0. The first kappa shape index (κ1) is 12.0. The highest BCUT2D eigenvalue weighted by molar-refractivity contribution is 6.46. The topological polar surface area (TPSA) is 111 Å². The van der Waals surface area contributed by atoms with Gasteiger partial charge in [-0.2, -0.15) is 0 Å². The molecular weight excluding hydrogens is 208 g/mol. The largest absolute Gasteiger partial charge is 0.398 e. The minimum atomic E-state index is -0.939. The van der Waals surface area contributed by atoms with Crippen LogP contribution in [-0.4, -0.2) is 24.7 Å². The number of rotatable bonds is 4. The number of nitrogens with zero attached hydrogens (tertiary/aromatic N) is 2. The van der Waals surface area contributed by atoms with Crippen LogP contribution in [0.4, 0.5) is 5.69 Å². The Morgan fingerprint density at radius 1 is 1.31 bits per heavy atom. The number of carbonyl (C=O) groups excluding carboxylic acids is 1. The summed E-state index contributed by atoms with van der Waals surface area (Å²) in [5.41, 5.74) is 11.7. The third kappa shape index (κ3) is 2.71. The Morgan fingerprint density at radius 3 is 2.56 bits per heavy atom. The van der Waals surface area contributed by atoms with Gasteiger partial charge in [-0.1, -0.05) is 18.2 Å². The number of anilines is 1. The minimum Gasteiger partial charge on any atom is -0.398 e. The van der Waals surface area contributed by atoms with E-state index >= 15 is 0 Å². The van der Waals surface area contributed by atoms with Gasteiger partial charge in [-0.25, -0.2) is 0 Å². The normalized spacial score (nSPS) is 11.2. The van der Waals surface area contributed by atoms with Gasteiger partial charge in [0.25, 0.3) is 0 Å². The van der Waals surface area contributed by atoms with Gasteiger partial charge in [0.1, 0.15) is 5.71 Å². The Morgan fingerprint density at radius 2 is 2.00 bits per heavy atom. The summed E-state index contributed by atoms with van der Waals surface area (Å²) in [4.78, 5) is 25.4. The maximum absolute atomic E-state index is 11.3. The molecule has 0 aliphatic heterocycles. The van der Waals surface area contributed by atoms with Crippen LogP contribution in [0.5, 0.6) is 0 Å². The molecule has 0 spiro atoms. The van der Waals surface area contributed by atoms with Gasteiger partial charge in [-0.05, 0) is 6.07 Å². The van der Waals surface area contributed by atoms with E-state index in [1.165, 1.54) is 0 Å². The Labute approximate surface area is 92.3 Å². The number of carbonyl (C=O) groups is 1. The summed E-state index contributed by atoms with van der Waals surface area (Å²) in [5.74, 6) is -0.939. The molecule has 0 saturated carbocycles. The molecule has 1 rings (SSSR count). The Balaban J connectivity index is 3.16. The van der Waals surface area contributed by atoms with Crippen LogP contribution in [0.3, 0.4) is 0 Å². The maximum atomic E-state index is 11.3. The molecule has 0 unspecified atom stereocenters.